The van der Waals surface area contributed by atoms with E-state index in [1.54, 1.807) is 12.1 Å². The fraction of sp³-hybridized carbons (Fsp3) is 0.0833. The van der Waals surface area contributed by atoms with Gasteiger partial charge in [0.1, 0.15) is 17.9 Å². The predicted octanol–water partition coefficient (Wildman–Crippen LogP) is 4.95. The molecule has 0 aliphatic heterocycles. The van der Waals surface area contributed by atoms with E-state index in [9.17, 15) is 18.4 Å². The highest BCUT2D eigenvalue weighted by molar-refractivity contribution is 6.06. The number of amides is 1. The summed E-state index contributed by atoms with van der Waals surface area (Å²) in [6, 6.07) is 16.8. The van der Waals surface area contributed by atoms with Gasteiger partial charge in [0.25, 0.3) is 5.91 Å². The molecule has 2 N–H and O–H groups in total. The fourth-order valence-electron chi connectivity index (χ4n) is 3.20. The molecule has 0 aliphatic carbocycles. The first-order valence-corrected chi connectivity index (χ1v) is 9.52. The molecule has 1 heterocycles. The summed E-state index contributed by atoms with van der Waals surface area (Å²) in [6.07, 6.45) is 1.07. The van der Waals surface area contributed by atoms with E-state index in [1.165, 1.54) is 0 Å². The minimum absolute atomic E-state index is 0.114. The summed E-state index contributed by atoms with van der Waals surface area (Å²) in [7, 11) is 0. The zero-order chi connectivity index (χ0) is 22.0. The Morgan fingerprint density at radius 1 is 1.06 bits per heavy atom. The number of ether oxygens (including phenoxy) is 1. The highest BCUT2D eigenvalue weighted by atomic mass is 19.2. The third-order valence-electron chi connectivity index (χ3n) is 4.81. The Balaban J connectivity index is 1.63. The van der Waals surface area contributed by atoms with E-state index >= 15 is 0 Å². The van der Waals surface area contributed by atoms with Gasteiger partial charge in [-0.15, -0.1) is 0 Å². The summed E-state index contributed by atoms with van der Waals surface area (Å²) < 4.78 is 33.2. The van der Waals surface area contributed by atoms with Crippen molar-refractivity contribution in [3.8, 4) is 5.75 Å². The number of carbonyl (C=O) groups excluding carboxylic acids is 1. The van der Waals surface area contributed by atoms with Crippen LogP contribution in [0.3, 0.4) is 0 Å². The van der Waals surface area contributed by atoms with Gasteiger partial charge in [-0.25, -0.2) is 8.78 Å². The van der Waals surface area contributed by atoms with Crippen LogP contribution in [0.1, 0.15) is 21.5 Å². The second kappa shape index (κ2) is 8.39. The van der Waals surface area contributed by atoms with Gasteiger partial charge in [0.2, 0.25) is 5.43 Å². The molecule has 5 nitrogen and oxygen atoms in total. The number of benzene rings is 3. The first kappa shape index (κ1) is 20.3. The van der Waals surface area contributed by atoms with Crippen LogP contribution < -0.4 is 15.5 Å². The molecule has 0 radical (unpaired) electrons. The van der Waals surface area contributed by atoms with Gasteiger partial charge in [0.15, 0.2) is 11.6 Å². The van der Waals surface area contributed by atoms with Gasteiger partial charge in [0, 0.05) is 11.6 Å². The molecule has 4 rings (SSSR count). The van der Waals surface area contributed by atoms with E-state index < -0.39 is 23.0 Å². The first-order valence-electron chi connectivity index (χ1n) is 9.52. The van der Waals surface area contributed by atoms with Crippen molar-refractivity contribution in [3.63, 3.8) is 0 Å². The Labute approximate surface area is 176 Å². The third kappa shape index (κ3) is 4.16. The number of H-pyrrole nitrogens is 1. The number of nitrogens with one attached hydrogen (secondary N) is 2. The van der Waals surface area contributed by atoms with Crippen molar-refractivity contribution in [2.24, 2.45) is 0 Å². The molecule has 3 aromatic carbocycles. The molecule has 31 heavy (non-hydrogen) atoms. The number of halogens is 2. The van der Waals surface area contributed by atoms with Crippen molar-refractivity contribution in [2.45, 2.75) is 13.5 Å². The maximum Gasteiger partial charge on any atom is 0.261 e. The lowest BCUT2D eigenvalue weighted by Gasteiger charge is -2.14. The molecule has 1 amide bonds. The van der Waals surface area contributed by atoms with Crippen LogP contribution in [-0.4, -0.2) is 10.9 Å². The quantitative estimate of drug-likeness (QED) is 0.480. The highest BCUT2D eigenvalue weighted by Gasteiger charge is 2.18. The van der Waals surface area contributed by atoms with Crippen LogP contribution in [0.25, 0.3) is 10.9 Å². The molecule has 0 unspecified atom stereocenters. The van der Waals surface area contributed by atoms with E-state index in [0.29, 0.717) is 18.0 Å². The molecular weight excluding hydrogens is 402 g/mol. The number of rotatable bonds is 5. The topological polar surface area (TPSA) is 71.2 Å². The number of hydrogen-bond acceptors (Lipinski definition) is 3. The van der Waals surface area contributed by atoms with E-state index in [2.05, 4.69) is 10.3 Å². The van der Waals surface area contributed by atoms with Gasteiger partial charge in [-0.05, 0) is 42.3 Å². The lowest BCUT2D eigenvalue weighted by Crippen LogP contribution is -2.22. The monoisotopic (exact) mass is 420 g/mol. The predicted molar refractivity (Wildman–Crippen MR) is 114 cm³/mol. The van der Waals surface area contributed by atoms with E-state index in [0.717, 1.165) is 29.5 Å². The second-order valence-electron chi connectivity index (χ2n) is 7.04. The minimum atomic E-state index is -1.17. The second-order valence-corrected chi connectivity index (χ2v) is 7.04. The van der Waals surface area contributed by atoms with E-state index in [4.69, 9.17) is 4.74 Å². The normalized spacial score (nSPS) is 10.8. The van der Waals surface area contributed by atoms with Crippen LogP contribution in [0.15, 0.2) is 71.7 Å². The van der Waals surface area contributed by atoms with Gasteiger partial charge in [-0.1, -0.05) is 36.4 Å². The Morgan fingerprint density at radius 2 is 1.84 bits per heavy atom. The average Bonchev–Trinajstić information content (AvgIpc) is 2.77. The van der Waals surface area contributed by atoms with Gasteiger partial charge < -0.3 is 15.0 Å². The largest absolute Gasteiger partial charge is 0.487 e. The Morgan fingerprint density at radius 3 is 2.61 bits per heavy atom. The number of hydrogen-bond donors (Lipinski definition) is 2. The van der Waals surface area contributed by atoms with Crippen molar-refractivity contribution in [1.29, 1.82) is 0 Å². The van der Waals surface area contributed by atoms with Crippen LogP contribution in [0.2, 0.25) is 0 Å². The zero-order valence-corrected chi connectivity index (χ0v) is 16.5. The number of anilines is 1. The van der Waals surface area contributed by atoms with E-state index in [-0.39, 0.29) is 16.5 Å². The lowest BCUT2D eigenvalue weighted by atomic mass is 10.1. The number of fused-ring (bicyclic) bond motifs is 1. The number of aryl methyl sites for hydroxylation is 1. The van der Waals surface area contributed by atoms with Crippen LogP contribution >= 0.6 is 0 Å². The molecule has 1 aromatic heterocycles. The minimum Gasteiger partial charge on any atom is -0.487 e. The smallest absolute Gasteiger partial charge is 0.261 e. The maximum absolute atomic E-state index is 13.9. The van der Waals surface area contributed by atoms with Gasteiger partial charge in [-0.3, -0.25) is 9.59 Å². The van der Waals surface area contributed by atoms with Gasteiger partial charge >= 0.3 is 0 Å². The highest BCUT2D eigenvalue weighted by Crippen LogP contribution is 2.27. The van der Waals surface area contributed by atoms with Crippen molar-refractivity contribution in [1.82, 2.24) is 4.98 Å². The molecule has 0 saturated carbocycles. The molecule has 0 saturated heterocycles. The van der Waals surface area contributed by atoms with Crippen molar-refractivity contribution in [2.75, 3.05) is 5.32 Å². The summed E-state index contributed by atoms with van der Waals surface area (Å²) >= 11 is 0. The standard InChI is InChI=1S/C24H18F2N2O3/c1-14-7-10-20(31-13-15-5-3-2-4-6-15)19(11-14)28-24(30)17-12-27-22-16(23(17)29)8-9-18(25)21(22)26/h2-12H,13H2,1H3,(H,27,29)(H,28,30). The van der Waals surface area contributed by atoms with Crippen molar-refractivity contribution in [3.05, 3.63) is 105 Å². The molecule has 4 aromatic rings. The van der Waals surface area contributed by atoms with Crippen LogP contribution in [0.5, 0.6) is 5.75 Å². The Bertz CT molecular complexity index is 1330. The summed E-state index contributed by atoms with van der Waals surface area (Å²) in [5.41, 5.74) is 1.01. The zero-order valence-electron chi connectivity index (χ0n) is 16.5. The van der Waals surface area contributed by atoms with Crippen molar-refractivity contribution >= 4 is 22.5 Å². The molecular formula is C24H18F2N2O3. The van der Waals surface area contributed by atoms with Crippen LogP contribution in [0, 0.1) is 18.6 Å². The Hall–Kier alpha value is -4.00. The number of pyridine rings is 1. The number of carbonyl (C=O) groups is 1. The SMILES string of the molecule is Cc1ccc(OCc2ccccc2)c(NC(=O)c2c[nH]c3c(F)c(F)ccc3c2=O)c1. The molecule has 0 aliphatic rings. The van der Waals surface area contributed by atoms with Gasteiger partial charge in [0.05, 0.1) is 11.2 Å². The fourth-order valence-corrected chi connectivity index (χ4v) is 3.20. The summed E-state index contributed by atoms with van der Waals surface area (Å²) in [4.78, 5) is 28.0. The molecule has 0 atom stereocenters. The number of aromatic nitrogens is 1. The summed E-state index contributed by atoms with van der Waals surface area (Å²) in [6.45, 7) is 2.16. The summed E-state index contributed by atoms with van der Waals surface area (Å²) in [5, 5.41) is 2.57. The summed E-state index contributed by atoms with van der Waals surface area (Å²) in [5.74, 6) is -2.51. The van der Waals surface area contributed by atoms with E-state index in [1.807, 2.05) is 43.3 Å². The van der Waals surface area contributed by atoms with Crippen molar-refractivity contribution < 1.29 is 18.3 Å². The van der Waals surface area contributed by atoms with Crippen LogP contribution in [0.4, 0.5) is 14.5 Å². The molecule has 0 spiro atoms. The van der Waals surface area contributed by atoms with Crippen LogP contribution in [-0.2, 0) is 6.61 Å². The molecule has 0 bridgehead atoms. The third-order valence-corrected chi connectivity index (χ3v) is 4.81. The molecule has 156 valence electrons. The molecule has 7 heteroatoms. The van der Waals surface area contributed by atoms with Gasteiger partial charge in [-0.2, -0.15) is 0 Å². The lowest BCUT2D eigenvalue weighted by molar-refractivity contribution is 0.102. The average molecular weight is 420 g/mol. The molecule has 0 fully saturated rings. The Kier molecular flexibility index (Phi) is 5.49. The first-order chi connectivity index (χ1) is 14.9. The maximum atomic E-state index is 13.9. The number of aromatic amines is 1.